The zero-order valence-corrected chi connectivity index (χ0v) is 9.80. The molecule has 2 nitrogen and oxygen atoms in total. The molecule has 1 saturated carbocycles. The van der Waals surface area contributed by atoms with Crippen LogP contribution in [0.4, 0.5) is 0 Å². The van der Waals surface area contributed by atoms with Gasteiger partial charge in [0.2, 0.25) is 0 Å². The SMILES string of the molecule is OCC1CCCC1NCCc1ccsc1. The summed E-state index contributed by atoms with van der Waals surface area (Å²) < 4.78 is 0. The summed E-state index contributed by atoms with van der Waals surface area (Å²) in [4.78, 5) is 0. The van der Waals surface area contributed by atoms with Gasteiger partial charge in [0, 0.05) is 12.6 Å². The Bertz CT molecular complexity index is 273. The molecule has 1 fully saturated rings. The van der Waals surface area contributed by atoms with Gasteiger partial charge in [0.25, 0.3) is 0 Å². The second-order valence-corrected chi connectivity index (χ2v) is 5.10. The molecule has 0 aliphatic heterocycles. The van der Waals surface area contributed by atoms with Crippen LogP contribution in [0.2, 0.25) is 0 Å². The monoisotopic (exact) mass is 225 g/mol. The van der Waals surface area contributed by atoms with Crippen LogP contribution in [0.1, 0.15) is 24.8 Å². The molecule has 2 N–H and O–H groups in total. The summed E-state index contributed by atoms with van der Waals surface area (Å²) in [6.07, 6.45) is 4.79. The summed E-state index contributed by atoms with van der Waals surface area (Å²) in [5, 5.41) is 17.1. The number of rotatable bonds is 5. The number of hydrogen-bond acceptors (Lipinski definition) is 3. The molecule has 0 spiro atoms. The maximum Gasteiger partial charge on any atom is 0.0474 e. The Morgan fingerprint density at radius 1 is 1.47 bits per heavy atom. The van der Waals surface area contributed by atoms with Crippen LogP contribution < -0.4 is 5.32 Å². The Morgan fingerprint density at radius 3 is 3.13 bits per heavy atom. The zero-order chi connectivity index (χ0) is 10.5. The number of aliphatic hydroxyl groups excluding tert-OH is 1. The van der Waals surface area contributed by atoms with Gasteiger partial charge >= 0.3 is 0 Å². The van der Waals surface area contributed by atoms with Crippen molar-refractivity contribution >= 4 is 11.3 Å². The predicted octanol–water partition coefficient (Wildman–Crippen LogP) is 2.04. The van der Waals surface area contributed by atoms with Crippen LogP contribution in [0.15, 0.2) is 16.8 Å². The Kier molecular flexibility index (Phi) is 4.18. The van der Waals surface area contributed by atoms with Crippen molar-refractivity contribution in [1.29, 1.82) is 0 Å². The van der Waals surface area contributed by atoms with E-state index in [4.69, 9.17) is 0 Å². The van der Waals surface area contributed by atoms with E-state index in [0.29, 0.717) is 18.6 Å². The van der Waals surface area contributed by atoms with Crippen molar-refractivity contribution in [2.24, 2.45) is 5.92 Å². The highest BCUT2D eigenvalue weighted by atomic mass is 32.1. The normalized spacial score (nSPS) is 25.9. The van der Waals surface area contributed by atoms with Gasteiger partial charge in [0.15, 0.2) is 0 Å². The maximum absolute atomic E-state index is 9.18. The number of nitrogens with one attached hydrogen (secondary N) is 1. The first-order valence-electron chi connectivity index (χ1n) is 5.75. The van der Waals surface area contributed by atoms with E-state index in [1.807, 2.05) is 0 Å². The molecule has 15 heavy (non-hydrogen) atoms. The first-order valence-corrected chi connectivity index (χ1v) is 6.69. The summed E-state index contributed by atoms with van der Waals surface area (Å²) in [5.74, 6) is 0.493. The van der Waals surface area contributed by atoms with Gasteiger partial charge < -0.3 is 10.4 Å². The molecule has 1 aromatic rings. The summed E-state index contributed by atoms with van der Waals surface area (Å²) in [6.45, 7) is 1.38. The minimum absolute atomic E-state index is 0.343. The molecule has 0 amide bonds. The average Bonchev–Trinajstić information content (AvgIpc) is 2.88. The van der Waals surface area contributed by atoms with E-state index >= 15 is 0 Å². The van der Waals surface area contributed by atoms with Gasteiger partial charge in [-0.25, -0.2) is 0 Å². The molecule has 0 saturated heterocycles. The molecule has 1 aliphatic rings. The first-order chi connectivity index (χ1) is 7.40. The first kappa shape index (κ1) is 11.1. The molecular weight excluding hydrogens is 206 g/mol. The Labute approximate surface area is 95.3 Å². The minimum atomic E-state index is 0.343. The van der Waals surface area contributed by atoms with Crippen LogP contribution in [-0.2, 0) is 6.42 Å². The minimum Gasteiger partial charge on any atom is -0.396 e. The van der Waals surface area contributed by atoms with Gasteiger partial charge in [-0.2, -0.15) is 11.3 Å². The van der Waals surface area contributed by atoms with E-state index in [1.54, 1.807) is 11.3 Å². The molecule has 0 bridgehead atoms. The molecule has 1 aliphatic carbocycles. The van der Waals surface area contributed by atoms with Gasteiger partial charge in [-0.15, -0.1) is 0 Å². The summed E-state index contributed by atoms with van der Waals surface area (Å²) in [7, 11) is 0. The maximum atomic E-state index is 9.18. The lowest BCUT2D eigenvalue weighted by molar-refractivity contribution is 0.206. The molecule has 1 aromatic heterocycles. The summed E-state index contributed by atoms with van der Waals surface area (Å²) >= 11 is 1.76. The van der Waals surface area contributed by atoms with Crippen molar-refractivity contribution in [3.63, 3.8) is 0 Å². The Balaban J connectivity index is 1.69. The Morgan fingerprint density at radius 2 is 2.40 bits per heavy atom. The standard InChI is InChI=1S/C12H19NOS/c14-8-11-2-1-3-12(11)13-6-4-10-5-7-15-9-10/h5,7,9,11-14H,1-4,6,8H2. The largest absolute Gasteiger partial charge is 0.396 e. The Hall–Kier alpha value is -0.380. The van der Waals surface area contributed by atoms with Crippen molar-refractivity contribution < 1.29 is 5.11 Å². The predicted molar refractivity (Wildman–Crippen MR) is 64.2 cm³/mol. The van der Waals surface area contributed by atoms with Gasteiger partial charge in [-0.05, 0) is 54.1 Å². The van der Waals surface area contributed by atoms with Crippen LogP contribution in [0.5, 0.6) is 0 Å². The van der Waals surface area contributed by atoms with E-state index in [0.717, 1.165) is 13.0 Å². The fourth-order valence-electron chi connectivity index (χ4n) is 2.36. The second kappa shape index (κ2) is 5.64. The molecule has 2 unspecified atom stereocenters. The van der Waals surface area contributed by atoms with E-state index in [1.165, 1.54) is 24.8 Å². The van der Waals surface area contributed by atoms with Crippen molar-refractivity contribution in [2.75, 3.05) is 13.2 Å². The third-order valence-electron chi connectivity index (χ3n) is 3.29. The molecular formula is C12H19NOS. The lowest BCUT2D eigenvalue weighted by Crippen LogP contribution is -2.35. The van der Waals surface area contributed by atoms with Crippen LogP contribution in [0.25, 0.3) is 0 Å². The fourth-order valence-corrected chi connectivity index (χ4v) is 3.06. The highest BCUT2D eigenvalue weighted by molar-refractivity contribution is 7.07. The second-order valence-electron chi connectivity index (χ2n) is 4.32. The lowest BCUT2D eigenvalue weighted by Gasteiger charge is -2.18. The molecule has 1 heterocycles. The number of aliphatic hydroxyl groups is 1. The van der Waals surface area contributed by atoms with Crippen molar-refractivity contribution in [3.05, 3.63) is 22.4 Å². The van der Waals surface area contributed by atoms with Crippen LogP contribution in [0, 0.1) is 5.92 Å². The molecule has 2 rings (SSSR count). The van der Waals surface area contributed by atoms with E-state index in [9.17, 15) is 5.11 Å². The molecule has 0 radical (unpaired) electrons. The molecule has 0 aromatic carbocycles. The third-order valence-corrected chi connectivity index (χ3v) is 4.03. The summed E-state index contributed by atoms with van der Waals surface area (Å²) in [5.41, 5.74) is 1.42. The van der Waals surface area contributed by atoms with Gasteiger partial charge in [0.05, 0.1) is 0 Å². The van der Waals surface area contributed by atoms with Gasteiger partial charge in [-0.1, -0.05) is 6.42 Å². The smallest absolute Gasteiger partial charge is 0.0474 e. The third kappa shape index (κ3) is 3.03. The zero-order valence-electron chi connectivity index (χ0n) is 8.98. The van der Waals surface area contributed by atoms with Crippen molar-refractivity contribution in [1.82, 2.24) is 5.32 Å². The number of hydrogen-bond donors (Lipinski definition) is 2. The molecule has 2 atom stereocenters. The van der Waals surface area contributed by atoms with E-state index < -0.39 is 0 Å². The van der Waals surface area contributed by atoms with Gasteiger partial charge in [-0.3, -0.25) is 0 Å². The quantitative estimate of drug-likeness (QED) is 0.804. The topological polar surface area (TPSA) is 32.3 Å². The molecule has 84 valence electrons. The van der Waals surface area contributed by atoms with Crippen LogP contribution >= 0.6 is 11.3 Å². The number of thiophene rings is 1. The van der Waals surface area contributed by atoms with E-state index in [-0.39, 0.29) is 0 Å². The highest BCUT2D eigenvalue weighted by Gasteiger charge is 2.25. The molecule has 3 heteroatoms. The fraction of sp³-hybridized carbons (Fsp3) is 0.667. The average molecular weight is 225 g/mol. The van der Waals surface area contributed by atoms with E-state index in [2.05, 4.69) is 22.1 Å². The van der Waals surface area contributed by atoms with Crippen LogP contribution in [-0.4, -0.2) is 24.3 Å². The summed E-state index contributed by atoms with van der Waals surface area (Å²) in [6, 6.07) is 2.73. The van der Waals surface area contributed by atoms with Crippen LogP contribution in [0.3, 0.4) is 0 Å². The van der Waals surface area contributed by atoms with Gasteiger partial charge in [0.1, 0.15) is 0 Å². The highest BCUT2D eigenvalue weighted by Crippen LogP contribution is 2.24. The lowest BCUT2D eigenvalue weighted by atomic mass is 10.0. The van der Waals surface area contributed by atoms with Crippen molar-refractivity contribution in [2.45, 2.75) is 31.7 Å². The van der Waals surface area contributed by atoms with Crippen molar-refractivity contribution in [3.8, 4) is 0 Å².